The van der Waals surface area contributed by atoms with Crippen molar-refractivity contribution in [2.24, 2.45) is 5.92 Å². The van der Waals surface area contributed by atoms with Crippen molar-refractivity contribution >= 4 is 28.7 Å². The number of hydrogen-bond donors (Lipinski definition) is 2. The molecule has 0 saturated carbocycles. The van der Waals surface area contributed by atoms with Crippen LogP contribution in [-0.4, -0.2) is 23.1 Å². The van der Waals surface area contributed by atoms with Crippen LogP contribution in [0, 0.1) is 5.92 Å². The lowest BCUT2D eigenvalue weighted by Gasteiger charge is -2.34. The Morgan fingerprint density at radius 3 is 1.94 bits per heavy atom. The maximum atomic E-state index is 6.62. The van der Waals surface area contributed by atoms with Gasteiger partial charge in [0.2, 0.25) is 0 Å². The van der Waals surface area contributed by atoms with Gasteiger partial charge in [-0.2, -0.15) is 0 Å². The zero-order valence-corrected chi connectivity index (χ0v) is 19.2. The highest BCUT2D eigenvalue weighted by Crippen LogP contribution is 2.33. The summed E-state index contributed by atoms with van der Waals surface area (Å²) in [5.41, 5.74) is 14.0. The second kappa shape index (κ2) is 10.3. The highest BCUT2D eigenvalue weighted by Gasteiger charge is 2.23. The molecule has 0 amide bonds. The van der Waals surface area contributed by atoms with E-state index in [1.165, 1.54) is 5.56 Å². The van der Waals surface area contributed by atoms with Gasteiger partial charge in [-0.05, 0) is 55.0 Å². The molecule has 5 rings (SSSR count). The first-order chi connectivity index (χ1) is 16.8. The molecule has 34 heavy (non-hydrogen) atoms. The van der Waals surface area contributed by atoms with E-state index in [1.807, 2.05) is 41.4 Å². The molecule has 1 saturated heterocycles. The van der Waals surface area contributed by atoms with E-state index < -0.39 is 0 Å². The summed E-state index contributed by atoms with van der Waals surface area (Å²) in [5.74, 6) is 2.09. The van der Waals surface area contributed by atoms with Crippen LogP contribution in [0.5, 0.6) is 0 Å². The number of piperidine rings is 1. The Morgan fingerprint density at radius 2 is 1.35 bits per heavy atom. The van der Waals surface area contributed by atoms with Crippen LogP contribution in [0.15, 0.2) is 97.3 Å². The van der Waals surface area contributed by atoms with E-state index in [-0.39, 0.29) is 0 Å². The molecule has 2 heterocycles. The normalized spacial score (nSPS) is 14.1. The highest BCUT2D eigenvalue weighted by molar-refractivity contribution is 5.78. The molecule has 0 atom stereocenters. The number of benzene rings is 3. The predicted octanol–water partition coefficient (Wildman–Crippen LogP) is 5.68. The van der Waals surface area contributed by atoms with Gasteiger partial charge in [0.15, 0.2) is 11.6 Å². The summed E-state index contributed by atoms with van der Waals surface area (Å²) in [7, 11) is 0. The van der Waals surface area contributed by atoms with Crippen molar-refractivity contribution in [1.82, 2.24) is 9.97 Å². The number of nitrogens with zero attached hydrogens (tertiary/aromatic N) is 4. The average Bonchev–Trinajstić information content (AvgIpc) is 2.90. The van der Waals surface area contributed by atoms with Crippen LogP contribution in [0.4, 0.5) is 28.7 Å². The molecule has 4 aromatic rings. The van der Waals surface area contributed by atoms with Gasteiger partial charge < -0.3 is 10.6 Å². The van der Waals surface area contributed by atoms with Crippen LogP contribution in [0.25, 0.3) is 0 Å². The number of rotatable bonds is 7. The van der Waals surface area contributed by atoms with E-state index >= 15 is 0 Å². The van der Waals surface area contributed by atoms with Crippen molar-refractivity contribution in [1.29, 1.82) is 0 Å². The predicted molar refractivity (Wildman–Crippen MR) is 140 cm³/mol. The minimum Gasteiger partial charge on any atom is -0.393 e. The Kier molecular flexibility index (Phi) is 6.56. The molecule has 1 aliphatic rings. The van der Waals surface area contributed by atoms with Crippen LogP contribution in [0.1, 0.15) is 18.4 Å². The molecule has 1 aromatic heterocycles. The molecule has 3 N–H and O–H groups in total. The quantitative estimate of drug-likeness (QED) is 0.353. The number of nitrogen functional groups attached to an aromatic ring is 1. The Balaban J connectivity index is 1.32. The smallest absolute Gasteiger partial charge is 0.173 e. The molecule has 0 aliphatic carbocycles. The first kappa shape index (κ1) is 21.8. The van der Waals surface area contributed by atoms with E-state index in [9.17, 15) is 0 Å². The van der Waals surface area contributed by atoms with E-state index in [4.69, 9.17) is 5.73 Å². The first-order valence-corrected chi connectivity index (χ1v) is 11.8. The zero-order chi connectivity index (χ0) is 23.2. The average molecular weight is 451 g/mol. The van der Waals surface area contributed by atoms with Gasteiger partial charge in [0.1, 0.15) is 12.0 Å². The molecule has 0 spiro atoms. The Bertz CT molecular complexity index is 1140. The lowest BCUT2D eigenvalue weighted by Crippen LogP contribution is -2.35. The third-order valence-electron chi connectivity index (χ3n) is 6.39. The minimum atomic E-state index is 0.570. The number of nitrogens with one attached hydrogen (secondary N) is 1. The second-order valence-electron chi connectivity index (χ2n) is 8.70. The monoisotopic (exact) mass is 450 g/mol. The van der Waals surface area contributed by atoms with E-state index in [0.29, 0.717) is 17.4 Å². The van der Waals surface area contributed by atoms with Gasteiger partial charge in [0.05, 0.1) is 11.4 Å². The summed E-state index contributed by atoms with van der Waals surface area (Å²) in [4.78, 5) is 11.3. The molecule has 0 bridgehead atoms. The summed E-state index contributed by atoms with van der Waals surface area (Å²) >= 11 is 0. The lowest BCUT2D eigenvalue weighted by atomic mass is 9.90. The van der Waals surface area contributed by atoms with Crippen molar-refractivity contribution in [3.63, 3.8) is 0 Å². The van der Waals surface area contributed by atoms with E-state index in [0.717, 1.165) is 49.5 Å². The number of aromatic nitrogens is 2. The SMILES string of the molecule is Nc1c(NN(c2ccccc2)c2ccccc2)ncnc1N1CCC(Cc2ccccc2)CC1. The molecular formula is C28H30N6. The summed E-state index contributed by atoms with van der Waals surface area (Å²) < 4.78 is 0. The Hall–Kier alpha value is -4.06. The maximum absolute atomic E-state index is 6.62. The third-order valence-corrected chi connectivity index (χ3v) is 6.39. The Morgan fingerprint density at radius 1 is 0.794 bits per heavy atom. The van der Waals surface area contributed by atoms with Gasteiger partial charge in [0.25, 0.3) is 0 Å². The number of hydrazine groups is 1. The highest BCUT2D eigenvalue weighted by atomic mass is 15.5. The maximum Gasteiger partial charge on any atom is 0.173 e. The van der Waals surface area contributed by atoms with Gasteiger partial charge in [0, 0.05) is 13.1 Å². The van der Waals surface area contributed by atoms with Gasteiger partial charge in [-0.1, -0.05) is 66.7 Å². The fourth-order valence-electron chi connectivity index (χ4n) is 4.56. The van der Waals surface area contributed by atoms with Gasteiger partial charge in [-0.25, -0.2) is 9.97 Å². The molecule has 172 valence electrons. The fraction of sp³-hybridized carbons (Fsp3) is 0.214. The topological polar surface area (TPSA) is 70.3 Å². The number of hydrogen-bond acceptors (Lipinski definition) is 6. The van der Waals surface area contributed by atoms with Gasteiger partial charge >= 0.3 is 0 Å². The summed E-state index contributed by atoms with van der Waals surface area (Å²) in [5, 5.41) is 1.99. The molecule has 1 fully saturated rings. The van der Waals surface area contributed by atoms with E-state index in [1.54, 1.807) is 6.33 Å². The van der Waals surface area contributed by atoms with Crippen molar-refractivity contribution < 1.29 is 0 Å². The van der Waals surface area contributed by atoms with E-state index in [2.05, 4.69) is 74.9 Å². The summed E-state index contributed by atoms with van der Waals surface area (Å²) in [6.45, 7) is 1.89. The summed E-state index contributed by atoms with van der Waals surface area (Å²) in [6, 6.07) is 31.0. The standard InChI is InChI=1S/C28H30N6/c29-26-27(32-34(24-12-6-2-7-13-24)25-14-8-3-9-15-25)30-21-31-28(26)33-18-16-23(17-19-33)20-22-10-4-1-5-11-22/h1-15,21,23H,16-20,29H2,(H,30,31,32). The molecule has 0 radical (unpaired) electrons. The van der Waals surface area contributed by atoms with Crippen molar-refractivity contribution in [3.05, 3.63) is 103 Å². The van der Waals surface area contributed by atoms with Gasteiger partial charge in [-0.3, -0.25) is 10.4 Å². The fourth-order valence-corrected chi connectivity index (χ4v) is 4.56. The number of para-hydroxylation sites is 2. The molecule has 6 heteroatoms. The van der Waals surface area contributed by atoms with Crippen LogP contribution in [0.3, 0.4) is 0 Å². The number of nitrogens with two attached hydrogens (primary N) is 1. The van der Waals surface area contributed by atoms with Crippen LogP contribution in [-0.2, 0) is 6.42 Å². The molecule has 6 nitrogen and oxygen atoms in total. The zero-order valence-electron chi connectivity index (χ0n) is 19.2. The second-order valence-corrected chi connectivity index (χ2v) is 8.70. The minimum absolute atomic E-state index is 0.570. The first-order valence-electron chi connectivity index (χ1n) is 11.8. The van der Waals surface area contributed by atoms with Crippen molar-refractivity contribution in [2.45, 2.75) is 19.3 Å². The third kappa shape index (κ3) is 4.96. The van der Waals surface area contributed by atoms with Crippen molar-refractivity contribution in [2.75, 3.05) is 34.2 Å². The van der Waals surface area contributed by atoms with Gasteiger partial charge in [-0.15, -0.1) is 0 Å². The Labute approximate surface area is 201 Å². The largest absolute Gasteiger partial charge is 0.393 e. The van der Waals surface area contributed by atoms with Crippen LogP contribution < -0.4 is 21.1 Å². The molecule has 0 unspecified atom stereocenters. The lowest BCUT2D eigenvalue weighted by molar-refractivity contribution is 0.402. The number of anilines is 5. The van der Waals surface area contributed by atoms with Crippen molar-refractivity contribution in [3.8, 4) is 0 Å². The van der Waals surface area contributed by atoms with Crippen LogP contribution >= 0.6 is 0 Å². The molecular weight excluding hydrogens is 420 g/mol. The molecule has 1 aliphatic heterocycles. The van der Waals surface area contributed by atoms with Crippen LogP contribution in [0.2, 0.25) is 0 Å². The molecule has 3 aromatic carbocycles. The summed E-state index contributed by atoms with van der Waals surface area (Å²) in [6.07, 6.45) is 4.98.